The fourth-order valence-corrected chi connectivity index (χ4v) is 10.5. The minimum absolute atomic E-state index is 0. The molecule has 0 N–H and O–H groups in total. The molecule has 0 saturated carbocycles. The Morgan fingerprint density at radius 3 is 0.932 bits per heavy atom. The van der Waals surface area contributed by atoms with Crippen molar-refractivity contribution in [1.82, 2.24) is 30.4 Å². The topological polar surface area (TPSA) is 79.8 Å². The zero-order chi connectivity index (χ0) is 40.8. The summed E-state index contributed by atoms with van der Waals surface area (Å²) in [6.45, 7) is 0. The average Bonchev–Trinajstić information content (AvgIpc) is 3.98. The van der Waals surface area contributed by atoms with Crippen LogP contribution in [0.4, 0.5) is 26.3 Å². The Hall–Kier alpha value is -5.58. The quantitative estimate of drug-likeness (QED) is 0.112. The van der Waals surface area contributed by atoms with Crippen LogP contribution in [0, 0.1) is 0 Å². The van der Waals surface area contributed by atoms with E-state index in [1.807, 2.05) is 0 Å². The number of halogens is 6. The number of alkyl halides is 6. The van der Waals surface area contributed by atoms with E-state index >= 15 is 0 Å². The van der Waals surface area contributed by atoms with Gasteiger partial charge in [-0.1, -0.05) is 96.3 Å². The Bertz CT molecular complexity index is 2190. The molecule has 0 fully saturated rings. The van der Waals surface area contributed by atoms with Gasteiger partial charge in [0.2, 0.25) is 0 Å². The Morgan fingerprint density at radius 1 is 0.407 bits per heavy atom. The SMILES string of the molecule is C(=C[PH+](c1ccccc1)c1ccccc1)[PH+](c1ccccc1)c1ccccc1.FC(F)(F)c1cc(-c2ccccn2)[n-]n1.FC(F)(F)c1cc(-c2ccccn2)[n-]n1.[Os+2]. The van der Waals surface area contributed by atoms with Crippen molar-refractivity contribution in [2.24, 2.45) is 0 Å². The second-order valence-corrected chi connectivity index (χ2v) is 16.9. The normalized spacial score (nSPS) is 11.3. The maximum absolute atomic E-state index is 12.2. The van der Waals surface area contributed by atoms with E-state index in [9.17, 15) is 26.3 Å². The standard InChI is InChI=1S/C26H22P2.2C9H5F3N3.Os/c1-5-13-23(14-6-1)27(24-15-7-2-8-16-24)21-22-28(25-17-9-3-10-18-25)26-19-11-4-12-20-26;2*10-9(11,12)8-5-7(14-15-8)6-3-1-2-4-13-6;/h1-22H;2*1-5H;/q;2*-1;+2/p+2. The molecule has 0 atom stereocenters. The molecule has 0 aliphatic heterocycles. The van der Waals surface area contributed by atoms with Crippen LogP contribution in [0.15, 0.2) is 194 Å². The first kappa shape index (κ1) is 44.5. The fourth-order valence-electron chi connectivity index (χ4n) is 5.50. The first-order valence-corrected chi connectivity index (χ1v) is 20.8. The Labute approximate surface area is 352 Å². The zero-order valence-corrected chi connectivity index (χ0v) is 35.3. The van der Waals surface area contributed by atoms with Gasteiger partial charge in [0.05, 0.1) is 15.8 Å². The van der Waals surface area contributed by atoms with E-state index in [1.54, 1.807) is 36.4 Å². The molecule has 4 aromatic carbocycles. The second-order valence-electron chi connectivity index (χ2n) is 12.3. The maximum Gasteiger partial charge on any atom is 2.00 e. The van der Waals surface area contributed by atoms with Gasteiger partial charge in [-0.25, -0.2) is 0 Å². The minimum Gasteiger partial charge on any atom is -0.573 e. The van der Waals surface area contributed by atoms with Crippen LogP contribution >= 0.6 is 15.8 Å². The summed E-state index contributed by atoms with van der Waals surface area (Å²) in [6.07, 6.45) is -5.95. The van der Waals surface area contributed by atoms with Gasteiger partial charge in [0, 0.05) is 23.8 Å². The molecule has 298 valence electrons. The van der Waals surface area contributed by atoms with Crippen molar-refractivity contribution < 1.29 is 46.1 Å². The predicted octanol–water partition coefficient (Wildman–Crippen LogP) is 9.42. The van der Waals surface area contributed by atoms with E-state index in [2.05, 4.69) is 163 Å². The molecule has 8 aromatic rings. The molecular weight excluding hydrogens is 979 g/mol. The van der Waals surface area contributed by atoms with E-state index < -0.39 is 39.6 Å². The zero-order valence-electron chi connectivity index (χ0n) is 30.8. The van der Waals surface area contributed by atoms with Crippen molar-refractivity contribution in [3.8, 4) is 22.8 Å². The fraction of sp³-hybridized carbons (Fsp3) is 0.0455. The van der Waals surface area contributed by atoms with Crippen molar-refractivity contribution in [3.05, 3.63) is 205 Å². The van der Waals surface area contributed by atoms with Crippen LogP contribution in [0.3, 0.4) is 0 Å². The molecule has 6 nitrogen and oxygen atoms in total. The summed E-state index contributed by atoms with van der Waals surface area (Å²) in [5.41, 5.74) is -0.988. The Morgan fingerprint density at radius 2 is 0.695 bits per heavy atom. The smallest absolute Gasteiger partial charge is 0.573 e. The third-order valence-electron chi connectivity index (χ3n) is 8.27. The van der Waals surface area contributed by atoms with Crippen molar-refractivity contribution in [1.29, 1.82) is 0 Å². The van der Waals surface area contributed by atoms with Crippen LogP contribution in [0.1, 0.15) is 11.4 Å². The number of aromatic nitrogens is 6. The molecule has 0 aliphatic carbocycles. The van der Waals surface area contributed by atoms with Gasteiger partial charge in [-0.15, -0.1) is 0 Å². The molecule has 15 heteroatoms. The minimum atomic E-state index is -4.46. The third kappa shape index (κ3) is 13.0. The van der Waals surface area contributed by atoms with Gasteiger partial charge < -0.3 is 20.4 Å². The van der Waals surface area contributed by atoms with Crippen molar-refractivity contribution in [3.63, 3.8) is 0 Å². The molecule has 0 unspecified atom stereocenters. The third-order valence-corrected chi connectivity index (χ3v) is 13.4. The number of hydrogen-bond donors (Lipinski definition) is 0. The Balaban J connectivity index is 0.000000181. The van der Waals surface area contributed by atoms with Crippen LogP contribution in [-0.2, 0) is 32.1 Å². The summed E-state index contributed by atoms with van der Waals surface area (Å²) in [7, 11) is -1.93. The number of rotatable bonds is 8. The summed E-state index contributed by atoms with van der Waals surface area (Å²) >= 11 is 0. The van der Waals surface area contributed by atoms with Crippen LogP contribution in [0.5, 0.6) is 0 Å². The molecule has 0 saturated heterocycles. The molecule has 0 spiro atoms. The van der Waals surface area contributed by atoms with Crippen LogP contribution in [-0.4, -0.2) is 20.2 Å². The van der Waals surface area contributed by atoms with Crippen molar-refractivity contribution in [2.75, 3.05) is 0 Å². The van der Waals surface area contributed by atoms with Gasteiger partial charge in [0.15, 0.2) is 0 Å². The number of pyridine rings is 2. The number of benzene rings is 4. The van der Waals surface area contributed by atoms with Gasteiger partial charge in [0.1, 0.15) is 44.2 Å². The molecule has 0 amide bonds. The van der Waals surface area contributed by atoms with E-state index in [0.29, 0.717) is 11.4 Å². The predicted molar refractivity (Wildman–Crippen MR) is 222 cm³/mol. The summed E-state index contributed by atoms with van der Waals surface area (Å²) in [4.78, 5) is 7.75. The van der Waals surface area contributed by atoms with E-state index in [0.717, 1.165) is 12.1 Å². The molecular formula is C44H34F6N6OsP2+2. The summed E-state index contributed by atoms with van der Waals surface area (Å²) in [5.74, 6) is 5.01. The largest absolute Gasteiger partial charge is 2.00 e. The van der Waals surface area contributed by atoms with Gasteiger partial charge >= 0.3 is 32.1 Å². The first-order chi connectivity index (χ1) is 28.1. The molecule has 59 heavy (non-hydrogen) atoms. The second kappa shape index (κ2) is 21.4. The number of nitrogens with zero attached hydrogens (tertiary/aromatic N) is 6. The number of hydrogen-bond acceptors (Lipinski definition) is 4. The maximum atomic E-state index is 12.2. The first-order valence-electron chi connectivity index (χ1n) is 17.7. The van der Waals surface area contributed by atoms with Crippen molar-refractivity contribution in [2.45, 2.75) is 12.4 Å². The van der Waals surface area contributed by atoms with Crippen LogP contribution in [0.2, 0.25) is 0 Å². The van der Waals surface area contributed by atoms with Gasteiger partial charge in [-0.3, -0.25) is 9.97 Å². The molecule has 0 aliphatic rings. The summed E-state index contributed by atoms with van der Waals surface area (Å²) in [6, 6.07) is 55.3. The molecule has 4 aromatic heterocycles. The van der Waals surface area contributed by atoms with E-state index in [-0.39, 0.29) is 31.2 Å². The van der Waals surface area contributed by atoms with E-state index in [4.69, 9.17) is 0 Å². The molecule has 0 bridgehead atoms. The summed E-state index contributed by atoms with van der Waals surface area (Å²) < 4.78 is 73.2. The van der Waals surface area contributed by atoms with Crippen molar-refractivity contribution >= 4 is 37.1 Å². The monoisotopic (exact) mass is 1010 g/mol. The molecule has 0 radical (unpaired) electrons. The van der Waals surface area contributed by atoms with Crippen LogP contribution in [0.25, 0.3) is 22.8 Å². The Kier molecular flexibility index (Phi) is 16.2. The molecule has 8 rings (SSSR count). The summed E-state index contributed by atoms with van der Waals surface area (Å²) in [5, 5.41) is 18.7. The van der Waals surface area contributed by atoms with Gasteiger partial charge in [-0.2, -0.15) is 26.3 Å². The van der Waals surface area contributed by atoms with Gasteiger partial charge in [-0.05, 0) is 84.9 Å². The van der Waals surface area contributed by atoms with Gasteiger partial charge in [0.25, 0.3) is 0 Å². The average molecular weight is 1010 g/mol. The van der Waals surface area contributed by atoms with E-state index in [1.165, 1.54) is 33.6 Å². The molecule has 4 heterocycles. The van der Waals surface area contributed by atoms with Crippen LogP contribution < -0.4 is 31.4 Å².